The fourth-order valence-corrected chi connectivity index (χ4v) is 2.83. The van der Waals surface area contributed by atoms with Crippen molar-refractivity contribution in [3.63, 3.8) is 0 Å². The summed E-state index contributed by atoms with van der Waals surface area (Å²) in [6.07, 6.45) is 0.995. The van der Waals surface area contributed by atoms with Crippen molar-refractivity contribution >= 4 is 18.3 Å². The molecule has 1 atom stereocenters. The summed E-state index contributed by atoms with van der Waals surface area (Å²) in [6.45, 7) is 2.28. The lowest BCUT2D eigenvalue weighted by atomic mass is 10.1. The summed E-state index contributed by atoms with van der Waals surface area (Å²) in [7, 11) is 1.87. The van der Waals surface area contributed by atoms with Crippen molar-refractivity contribution in [2.75, 3.05) is 20.1 Å². The molecule has 2 aromatic carbocycles. The number of nitrogens with zero attached hydrogens (tertiary/aromatic N) is 1. The summed E-state index contributed by atoms with van der Waals surface area (Å²) < 4.78 is 5.89. The standard InChI is InChI=1S/C19H22N2O2.ClH/c1-21(16-11-12-20-13-16)19(22)17-9-5-6-10-18(17)23-14-15-7-3-2-4-8-15;/h2-10,16,20H,11-14H2,1H3;1H/t16-;/m0./s1. The van der Waals surface area contributed by atoms with Crippen molar-refractivity contribution < 1.29 is 9.53 Å². The third-order valence-electron chi connectivity index (χ3n) is 4.26. The maximum atomic E-state index is 12.8. The largest absolute Gasteiger partial charge is 0.488 e. The maximum Gasteiger partial charge on any atom is 0.257 e. The van der Waals surface area contributed by atoms with Crippen molar-refractivity contribution in [3.8, 4) is 5.75 Å². The lowest BCUT2D eigenvalue weighted by Crippen LogP contribution is -2.38. The third kappa shape index (κ3) is 4.28. The van der Waals surface area contributed by atoms with Gasteiger partial charge in [0.2, 0.25) is 0 Å². The van der Waals surface area contributed by atoms with E-state index in [0.29, 0.717) is 17.9 Å². The molecule has 0 aliphatic carbocycles. The second kappa shape index (κ2) is 8.71. The van der Waals surface area contributed by atoms with Crippen molar-refractivity contribution in [2.45, 2.75) is 19.1 Å². The van der Waals surface area contributed by atoms with E-state index >= 15 is 0 Å². The summed E-state index contributed by atoms with van der Waals surface area (Å²) in [5, 5.41) is 3.30. The molecule has 128 valence electrons. The monoisotopic (exact) mass is 346 g/mol. The minimum Gasteiger partial charge on any atom is -0.488 e. The Morgan fingerprint density at radius 1 is 1.17 bits per heavy atom. The molecule has 0 saturated carbocycles. The summed E-state index contributed by atoms with van der Waals surface area (Å²) in [5.41, 5.74) is 1.71. The van der Waals surface area contributed by atoms with Crippen LogP contribution in [0.3, 0.4) is 0 Å². The Bertz CT molecular complexity index is 657. The molecule has 0 spiro atoms. The number of halogens is 1. The summed E-state index contributed by atoms with van der Waals surface area (Å²) in [6, 6.07) is 17.7. The zero-order chi connectivity index (χ0) is 16.1. The van der Waals surface area contributed by atoms with E-state index < -0.39 is 0 Å². The minimum absolute atomic E-state index is 0. The number of likely N-dealkylation sites (N-methyl/N-ethyl adjacent to an activating group) is 1. The highest BCUT2D eigenvalue weighted by Gasteiger charge is 2.25. The number of amides is 1. The molecule has 5 heteroatoms. The van der Waals surface area contributed by atoms with Crippen molar-refractivity contribution in [1.29, 1.82) is 0 Å². The number of nitrogens with one attached hydrogen (secondary N) is 1. The van der Waals surface area contributed by atoms with Crippen molar-refractivity contribution in [1.82, 2.24) is 10.2 Å². The van der Waals surface area contributed by atoms with Gasteiger partial charge in [0, 0.05) is 19.6 Å². The molecule has 24 heavy (non-hydrogen) atoms. The van der Waals surface area contributed by atoms with E-state index in [4.69, 9.17) is 4.74 Å². The fourth-order valence-electron chi connectivity index (χ4n) is 2.83. The number of benzene rings is 2. The Labute approximate surface area is 149 Å². The first-order valence-corrected chi connectivity index (χ1v) is 7.99. The normalized spacial score (nSPS) is 16.3. The molecule has 1 amide bonds. The smallest absolute Gasteiger partial charge is 0.257 e. The van der Waals surface area contributed by atoms with E-state index in [-0.39, 0.29) is 24.4 Å². The summed E-state index contributed by atoms with van der Waals surface area (Å²) >= 11 is 0. The topological polar surface area (TPSA) is 41.6 Å². The first-order chi connectivity index (χ1) is 11.3. The molecule has 4 nitrogen and oxygen atoms in total. The molecule has 1 fully saturated rings. The Hall–Kier alpha value is -2.04. The minimum atomic E-state index is 0. The predicted molar refractivity (Wildman–Crippen MR) is 97.8 cm³/mol. The quantitative estimate of drug-likeness (QED) is 0.904. The maximum absolute atomic E-state index is 12.8. The highest BCUT2D eigenvalue weighted by atomic mass is 35.5. The van der Waals surface area contributed by atoms with Crippen LogP contribution < -0.4 is 10.1 Å². The van der Waals surface area contributed by atoms with Gasteiger partial charge in [0.15, 0.2) is 0 Å². The summed E-state index contributed by atoms with van der Waals surface area (Å²) in [4.78, 5) is 14.6. The van der Waals surface area contributed by atoms with E-state index in [2.05, 4.69) is 5.32 Å². The van der Waals surface area contributed by atoms with Gasteiger partial charge in [-0.05, 0) is 30.7 Å². The van der Waals surface area contributed by atoms with Crippen LogP contribution in [-0.2, 0) is 6.61 Å². The van der Waals surface area contributed by atoms with Gasteiger partial charge < -0.3 is 15.0 Å². The van der Waals surface area contributed by atoms with E-state index in [1.54, 1.807) is 0 Å². The van der Waals surface area contributed by atoms with Crippen LogP contribution in [0, 0.1) is 0 Å². The van der Waals surface area contributed by atoms with Crippen LogP contribution in [0.15, 0.2) is 54.6 Å². The molecule has 3 rings (SSSR count). The van der Waals surface area contributed by atoms with Crippen LogP contribution in [0.2, 0.25) is 0 Å². The van der Waals surface area contributed by atoms with Crippen LogP contribution in [0.4, 0.5) is 0 Å². The van der Waals surface area contributed by atoms with E-state index in [1.165, 1.54) is 0 Å². The molecule has 2 aromatic rings. The highest BCUT2D eigenvalue weighted by molar-refractivity contribution is 5.97. The molecular weight excluding hydrogens is 324 g/mol. The van der Waals surface area contributed by atoms with Crippen LogP contribution in [0.5, 0.6) is 5.75 Å². The average Bonchev–Trinajstić information content (AvgIpc) is 3.14. The van der Waals surface area contributed by atoms with Crippen LogP contribution in [0.25, 0.3) is 0 Å². The first kappa shape index (κ1) is 18.3. The molecule has 0 aromatic heterocycles. The van der Waals surface area contributed by atoms with Crippen LogP contribution in [-0.4, -0.2) is 37.0 Å². The van der Waals surface area contributed by atoms with Gasteiger partial charge in [0.1, 0.15) is 12.4 Å². The number of ether oxygens (including phenoxy) is 1. The molecule has 1 aliphatic heterocycles. The van der Waals surface area contributed by atoms with Gasteiger partial charge in [-0.1, -0.05) is 42.5 Å². The van der Waals surface area contributed by atoms with Gasteiger partial charge in [0.25, 0.3) is 5.91 Å². The molecular formula is C19H23ClN2O2. The molecule has 1 aliphatic rings. The average molecular weight is 347 g/mol. The number of hydrogen-bond donors (Lipinski definition) is 1. The van der Waals surface area contributed by atoms with Gasteiger partial charge in [-0.15, -0.1) is 12.4 Å². The summed E-state index contributed by atoms with van der Waals surface area (Å²) in [5.74, 6) is 0.654. The molecule has 1 N–H and O–H groups in total. The first-order valence-electron chi connectivity index (χ1n) is 7.99. The van der Waals surface area contributed by atoms with Gasteiger partial charge in [-0.25, -0.2) is 0 Å². The van der Waals surface area contributed by atoms with Crippen LogP contribution in [0.1, 0.15) is 22.3 Å². The van der Waals surface area contributed by atoms with E-state index in [0.717, 1.165) is 25.1 Å². The van der Waals surface area contributed by atoms with Gasteiger partial charge in [-0.3, -0.25) is 4.79 Å². The van der Waals surface area contributed by atoms with E-state index in [1.807, 2.05) is 66.5 Å². The Balaban J connectivity index is 0.00000208. The Morgan fingerprint density at radius 3 is 2.58 bits per heavy atom. The number of hydrogen-bond acceptors (Lipinski definition) is 3. The zero-order valence-corrected chi connectivity index (χ0v) is 14.6. The van der Waals surface area contributed by atoms with Crippen molar-refractivity contribution in [2.24, 2.45) is 0 Å². The second-order valence-corrected chi connectivity index (χ2v) is 5.83. The Kier molecular flexibility index (Phi) is 6.64. The number of rotatable bonds is 5. The second-order valence-electron chi connectivity index (χ2n) is 5.83. The lowest BCUT2D eigenvalue weighted by molar-refractivity contribution is 0.0739. The van der Waals surface area contributed by atoms with Gasteiger partial charge >= 0.3 is 0 Å². The highest BCUT2D eigenvalue weighted by Crippen LogP contribution is 2.22. The predicted octanol–water partition coefficient (Wildman–Crippen LogP) is 3.12. The molecule has 0 bridgehead atoms. The SMILES string of the molecule is CN(C(=O)c1ccccc1OCc1ccccc1)[C@H]1CCNC1.Cl. The van der Waals surface area contributed by atoms with E-state index in [9.17, 15) is 4.79 Å². The van der Waals surface area contributed by atoms with Gasteiger partial charge in [-0.2, -0.15) is 0 Å². The molecule has 1 saturated heterocycles. The molecule has 1 heterocycles. The lowest BCUT2D eigenvalue weighted by Gasteiger charge is -2.24. The third-order valence-corrected chi connectivity index (χ3v) is 4.26. The van der Waals surface area contributed by atoms with Gasteiger partial charge in [0.05, 0.1) is 5.56 Å². The number of para-hydroxylation sites is 1. The molecule has 0 radical (unpaired) electrons. The Morgan fingerprint density at radius 2 is 1.88 bits per heavy atom. The number of carbonyl (C=O) groups excluding carboxylic acids is 1. The number of carbonyl (C=O) groups is 1. The zero-order valence-electron chi connectivity index (χ0n) is 13.8. The van der Waals surface area contributed by atoms with Crippen molar-refractivity contribution in [3.05, 3.63) is 65.7 Å². The fraction of sp³-hybridized carbons (Fsp3) is 0.316. The van der Waals surface area contributed by atoms with Crippen LogP contribution >= 0.6 is 12.4 Å². The molecule has 0 unspecified atom stereocenters.